The first-order valence-electron chi connectivity index (χ1n) is 6.64. The molecular weight excluding hydrogens is 372 g/mol. The molecule has 0 aliphatic rings. The summed E-state index contributed by atoms with van der Waals surface area (Å²) in [6.07, 6.45) is 0.726. The van der Waals surface area contributed by atoms with Gasteiger partial charge in [-0.25, -0.2) is 4.79 Å². The third kappa shape index (κ3) is 5.69. The molecule has 10 nitrogen and oxygen atoms in total. The number of hydrogen-bond donors (Lipinski definition) is 1. The molecule has 0 amide bonds. The average molecular weight is 386 g/mol. The molecule has 0 aliphatic carbocycles. The SMILES string of the molecule is COc1ccc(CO/N=C(/C(=O)OS(C)(=O)=O)c2nsc(N)n2)cc1. The van der Waals surface area contributed by atoms with Gasteiger partial charge in [-0.2, -0.15) is 17.8 Å². The molecule has 0 radical (unpaired) electrons. The van der Waals surface area contributed by atoms with Gasteiger partial charge in [0, 0.05) is 11.5 Å². The zero-order chi connectivity index (χ0) is 18.4. The van der Waals surface area contributed by atoms with Gasteiger partial charge in [-0.05, 0) is 17.7 Å². The molecule has 0 unspecified atom stereocenters. The number of rotatable bonds is 7. The van der Waals surface area contributed by atoms with Gasteiger partial charge >= 0.3 is 16.1 Å². The molecule has 12 heteroatoms. The van der Waals surface area contributed by atoms with Crippen LogP contribution in [0.3, 0.4) is 0 Å². The van der Waals surface area contributed by atoms with E-state index in [4.69, 9.17) is 15.3 Å². The molecule has 0 bridgehead atoms. The fourth-order valence-electron chi connectivity index (χ4n) is 1.57. The second-order valence-corrected chi connectivity index (χ2v) is 6.95. The van der Waals surface area contributed by atoms with E-state index in [-0.39, 0.29) is 17.6 Å². The number of carbonyl (C=O) groups is 1. The fraction of sp³-hybridized carbons (Fsp3) is 0.231. The third-order valence-electron chi connectivity index (χ3n) is 2.62. The van der Waals surface area contributed by atoms with E-state index in [1.165, 1.54) is 0 Å². The highest BCUT2D eigenvalue weighted by Crippen LogP contribution is 2.13. The fourth-order valence-corrected chi connectivity index (χ4v) is 2.36. The lowest BCUT2D eigenvalue weighted by atomic mass is 10.2. The van der Waals surface area contributed by atoms with Crippen LogP contribution in [-0.2, 0) is 30.5 Å². The molecule has 1 aromatic carbocycles. The highest BCUT2D eigenvalue weighted by atomic mass is 32.2. The Morgan fingerprint density at radius 1 is 1.32 bits per heavy atom. The van der Waals surface area contributed by atoms with Crippen LogP contribution in [0.1, 0.15) is 11.4 Å². The van der Waals surface area contributed by atoms with Gasteiger partial charge in [-0.15, -0.1) is 0 Å². The Morgan fingerprint density at radius 2 is 2.00 bits per heavy atom. The van der Waals surface area contributed by atoms with E-state index < -0.39 is 21.8 Å². The van der Waals surface area contributed by atoms with Crippen molar-refractivity contribution in [3.05, 3.63) is 35.7 Å². The first kappa shape index (κ1) is 18.6. The lowest BCUT2D eigenvalue weighted by Crippen LogP contribution is -2.23. The van der Waals surface area contributed by atoms with Crippen molar-refractivity contribution in [1.82, 2.24) is 9.36 Å². The molecule has 0 saturated heterocycles. The number of aromatic nitrogens is 2. The lowest BCUT2D eigenvalue weighted by Gasteiger charge is -2.04. The Morgan fingerprint density at radius 3 is 2.52 bits per heavy atom. The normalized spacial score (nSPS) is 11.8. The van der Waals surface area contributed by atoms with Crippen molar-refractivity contribution in [2.75, 3.05) is 19.1 Å². The van der Waals surface area contributed by atoms with E-state index >= 15 is 0 Å². The second-order valence-electron chi connectivity index (χ2n) is 4.59. The van der Waals surface area contributed by atoms with E-state index in [2.05, 4.69) is 18.7 Å². The predicted octanol–water partition coefficient (Wildman–Crippen LogP) is 0.553. The van der Waals surface area contributed by atoms with Gasteiger partial charge in [-0.1, -0.05) is 17.3 Å². The second kappa shape index (κ2) is 7.90. The van der Waals surface area contributed by atoms with Crippen LogP contribution >= 0.6 is 11.5 Å². The highest BCUT2D eigenvalue weighted by molar-refractivity contribution is 7.86. The number of carbonyl (C=O) groups excluding carboxylic acids is 1. The summed E-state index contributed by atoms with van der Waals surface area (Å²) in [7, 11) is -2.49. The molecule has 0 aliphatic heterocycles. The minimum atomic E-state index is -4.04. The zero-order valence-electron chi connectivity index (χ0n) is 13.2. The van der Waals surface area contributed by atoms with Crippen LogP contribution in [-0.4, -0.2) is 42.8 Å². The van der Waals surface area contributed by atoms with Crippen molar-refractivity contribution >= 4 is 38.5 Å². The Hall–Kier alpha value is -2.73. The number of nitrogens with two attached hydrogens (primary N) is 1. The molecule has 1 aromatic heterocycles. The van der Waals surface area contributed by atoms with E-state index in [9.17, 15) is 13.2 Å². The van der Waals surface area contributed by atoms with Crippen LogP contribution in [0.25, 0.3) is 0 Å². The van der Waals surface area contributed by atoms with Crippen molar-refractivity contribution in [2.45, 2.75) is 6.61 Å². The zero-order valence-corrected chi connectivity index (χ0v) is 14.8. The summed E-state index contributed by atoms with van der Waals surface area (Å²) < 4.78 is 35.4. The first-order valence-corrected chi connectivity index (χ1v) is 9.23. The lowest BCUT2D eigenvalue weighted by molar-refractivity contribution is -0.126. The molecule has 0 spiro atoms. The van der Waals surface area contributed by atoms with Crippen molar-refractivity contribution < 1.29 is 27.0 Å². The third-order valence-corrected chi connectivity index (χ3v) is 3.62. The Labute approximate surface area is 147 Å². The number of nitrogens with zero attached hydrogens (tertiary/aromatic N) is 3. The number of oxime groups is 1. The van der Waals surface area contributed by atoms with E-state index in [0.29, 0.717) is 5.75 Å². The van der Waals surface area contributed by atoms with Gasteiger partial charge in [0.25, 0.3) is 0 Å². The quantitative estimate of drug-likeness (QED) is 0.410. The molecule has 2 rings (SSSR count). The summed E-state index contributed by atoms with van der Waals surface area (Å²) in [5, 5.41) is 3.68. The minimum absolute atomic E-state index is 0.0132. The summed E-state index contributed by atoms with van der Waals surface area (Å²) in [5.74, 6) is -0.785. The van der Waals surface area contributed by atoms with Crippen LogP contribution in [0.15, 0.2) is 29.4 Å². The van der Waals surface area contributed by atoms with E-state index in [1.54, 1.807) is 31.4 Å². The van der Waals surface area contributed by atoms with Gasteiger partial charge in [-0.3, -0.25) is 0 Å². The van der Waals surface area contributed by atoms with E-state index in [1.807, 2.05) is 0 Å². The minimum Gasteiger partial charge on any atom is -0.497 e. The summed E-state index contributed by atoms with van der Waals surface area (Å²) >= 11 is 0.811. The summed E-state index contributed by atoms with van der Waals surface area (Å²) in [6, 6.07) is 6.93. The monoisotopic (exact) mass is 386 g/mol. The van der Waals surface area contributed by atoms with Gasteiger partial charge in [0.15, 0.2) is 5.13 Å². The summed E-state index contributed by atoms with van der Waals surface area (Å²) in [4.78, 5) is 20.8. The van der Waals surface area contributed by atoms with Gasteiger partial charge in [0.1, 0.15) is 12.4 Å². The first-order chi connectivity index (χ1) is 11.8. The maximum atomic E-state index is 11.9. The topological polar surface area (TPSA) is 143 Å². The molecule has 25 heavy (non-hydrogen) atoms. The Bertz CT molecular complexity index is 876. The Balaban J connectivity index is 2.16. The highest BCUT2D eigenvalue weighted by Gasteiger charge is 2.25. The summed E-state index contributed by atoms with van der Waals surface area (Å²) in [6.45, 7) is 0.0132. The van der Waals surface area contributed by atoms with Crippen LogP contribution in [0, 0.1) is 0 Å². The van der Waals surface area contributed by atoms with Crippen molar-refractivity contribution in [1.29, 1.82) is 0 Å². The number of benzene rings is 1. The van der Waals surface area contributed by atoms with Crippen LogP contribution < -0.4 is 10.5 Å². The molecule has 0 atom stereocenters. The maximum absolute atomic E-state index is 11.9. The maximum Gasteiger partial charge on any atom is 0.379 e. The molecule has 0 fully saturated rings. The number of hydrogen-bond acceptors (Lipinski definition) is 11. The number of nitrogen functional groups attached to an aromatic ring is 1. The molecule has 2 aromatic rings. The number of methoxy groups -OCH3 is 1. The van der Waals surface area contributed by atoms with Gasteiger partial charge < -0.3 is 19.5 Å². The van der Waals surface area contributed by atoms with Crippen LogP contribution in [0.5, 0.6) is 5.75 Å². The number of anilines is 1. The molecule has 1 heterocycles. The standard InChI is InChI=1S/C13H14N4O6S2/c1-21-9-5-3-8(4-6-9)7-22-16-10(11-15-13(14)24-17-11)12(18)23-25(2,19)20/h3-6H,7H2,1-2H3,(H2,14,15,17)/b16-10+. The van der Waals surface area contributed by atoms with Crippen molar-refractivity contribution in [3.63, 3.8) is 0 Å². The molecule has 134 valence electrons. The van der Waals surface area contributed by atoms with E-state index in [0.717, 1.165) is 23.4 Å². The number of ether oxygens (including phenoxy) is 1. The van der Waals surface area contributed by atoms with Crippen molar-refractivity contribution in [2.24, 2.45) is 5.16 Å². The van der Waals surface area contributed by atoms with Crippen molar-refractivity contribution in [3.8, 4) is 5.75 Å². The largest absolute Gasteiger partial charge is 0.497 e. The van der Waals surface area contributed by atoms with Crippen LogP contribution in [0.4, 0.5) is 5.13 Å². The molecule has 0 saturated carbocycles. The van der Waals surface area contributed by atoms with Gasteiger partial charge in [0.2, 0.25) is 11.5 Å². The predicted molar refractivity (Wildman–Crippen MR) is 89.6 cm³/mol. The average Bonchev–Trinajstić information content (AvgIpc) is 2.96. The summed E-state index contributed by atoms with van der Waals surface area (Å²) in [5.41, 5.74) is 5.69. The molecular formula is C13H14N4O6S2. The molecule has 2 N–H and O–H groups in total. The van der Waals surface area contributed by atoms with Gasteiger partial charge in [0.05, 0.1) is 13.4 Å². The Kier molecular flexibility index (Phi) is 5.88. The smallest absolute Gasteiger partial charge is 0.379 e. The van der Waals surface area contributed by atoms with Crippen LogP contribution in [0.2, 0.25) is 0 Å².